The molecule has 5 rings (SSSR count). The van der Waals surface area contributed by atoms with E-state index in [0.29, 0.717) is 12.0 Å². The van der Waals surface area contributed by atoms with Gasteiger partial charge in [-0.15, -0.1) is 0 Å². The monoisotopic (exact) mass is 406 g/mol. The average molecular weight is 407 g/mol. The number of carbonyl (C=O) groups is 1. The van der Waals surface area contributed by atoms with Gasteiger partial charge >= 0.3 is 51.4 Å². The minimum absolute atomic E-state index is 0. The van der Waals surface area contributed by atoms with Crippen LogP contribution in [0, 0.1) is 5.92 Å². The standard InChI is InChI=1S/C20H28N6O.K/c27-19(24-15-4-2-1-3-5-15)25-20-8-6-14(20)12-26(11-9-20)18-16-7-10-21-17(16)22-13-23-18;/h7,10,13-15H,1-6,8-9,11-12H2,(H3,21,22,23,24,25,27);/q;+1/p-1. The van der Waals surface area contributed by atoms with Crippen LogP contribution in [-0.4, -0.2) is 45.7 Å². The third-order valence-electron chi connectivity index (χ3n) is 6.83. The maximum absolute atomic E-state index is 12.5. The van der Waals surface area contributed by atoms with Crippen LogP contribution in [0.4, 0.5) is 10.6 Å². The van der Waals surface area contributed by atoms with Crippen LogP contribution in [0.3, 0.4) is 0 Å². The Labute approximate surface area is 208 Å². The van der Waals surface area contributed by atoms with Crippen LogP contribution in [0.15, 0.2) is 18.6 Å². The first-order valence-corrected chi connectivity index (χ1v) is 10.3. The van der Waals surface area contributed by atoms with Crippen molar-refractivity contribution in [3.63, 3.8) is 0 Å². The van der Waals surface area contributed by atoms with Gasteiger partial charge in [0.2, 0.25) is 0 Å². The first-order chi connectivity index (χ1) is 13.2. The van der Waals surface area contributed by atoms with Gasteiger partial charge < -0.3 is 20.5 Å². The molecule has 28 heavy (non-hydrogen) atoms. The van der Waals surface area contributed by atoms with Gasteiger partial charge in [-0.1, -0.05) is 32.1 Å². The molecule has 2 aromatic heterocycles. The van der Waals surface area contributed by atoms with Crippen molar-refractivity contribution in [1.29, 1.82) is 0 Å². The Morgan fingerprint density at radius 2 is 2.07 bits per heavy atom. The second-order valence-electron chi connectivity index (χ2n) is 8.37. The van der Waals surface area contributed by atoms with E-state index in [4.69, 9.17) is 5.32 Å². The quantitative estimate of drug-likeness (QED) is 0.736. The second-order valence-corrected chi connectivity index (χ2v) is 8.37. The summed E-state index contributed by atoms with van der Waals surface area (Å²) in [5.41, 5.74) is 0.724. The largest absolute Gasteiger partial charge is 1.00 e. The van der Waals surface area contributed by atoms with Crippen LogP contribution >= 0.6 is 0 Å². The minimum atomic E-state index is -0.153. The Bertz CT molecular complexity index is 835. The summed E-state index contributed by atoms with van der Waals surface area (Å²) < 4.78 is 0. The summed E-state index contributed by atoms with van der Waals surface area (Å²) >= 11 is 0. The Morgan fingerprint density at radius 1 is 1.21 bits per heavy atom. The molecule has 1 saturated heterocycles. The molecule has 0 spiro atoms. The molecule has 2 saturated carbocycles. The number of rotatable bonds is 3. The van der Waals surface area contributed by atoms with Gasteiger partial charge in [-0.05, 0) is 42.8 Å². The number of carbonyl (C=O) groups excluding carboxylic acids is 1. The van der Waals surface area contributed by atoms with Gasteiger partial charge in [0, 0.05) is 19.3 Å². The van der Waals surface area contributed by atoms with Crippen molar-refractivity contribution < 1.29 is 56.2 Å². The number of urea groups is 1. The molecule has 0 bridgehead atoms. The molecule has 3 heterocycles. The van der Waals surface area contributed by atoms with Crippen LogP contribution in [0.1, 0.15) is 51.4 Å². The summed E-state index contributed by atoms with van der Waals surface area (Å²) in [5.74, 6) is 1.43. The fourth-order valence-corrected chi connectivity index (χ4v) is 5.12. The summed E-state index contributed by atoms with van der Waals surface area (Å²) in [5, 5.41) is 8.93. The van der Waals surface area contributed by atoms with Gasteiger partial charge in [-0.25, -0.2) is 9.97 Å². The van der Waals surface area contributed by atoms with E-state index in [9.17, 15) is 4.79 Å². The van der Waals surface area contributed by atoms with E-state index in [2.05, 4.69) is 25.2 Å². The predicted molar refractivity (Wildman–Crippen MR) is 105 cm³/mol. The van der Waals surface area contributed by atoms with Gasteiger partial charge in [-0.3, -0.25) is 4.79 Å². The van der Waals surface area contributed by atoms with Crippen molar-refractivity contribution in [3.05, 3.63) is 23.9 Å². The molecule has 2 atom stereocenters. The molecule has 2 unspecified atom stereocenters. The van der Waals surface area contributed by atoms with Crippen molar-refractivity contribution in [2.75, 3.05) is 18.0 Å². The smallest absolute Gasteiger partial charge is 0.446 e. The number of hydrogen-bond donors (Lipinski definition) is 2. The zero-order chi connectivity index (χ0) is 18.3. The summed E-state index contributed by atoms with van der Waals surface area (Å²) in [4.78, 5) is 26.9. The van der Waals surface area contributed by atoms with Crippen molar-refractivity contribution in [2.45, 2.75) is 62.9 Å². The molecule has 2 aromatic rings. The van der Waals surface area contributed by atoms with Crippen molar-refractivity contribution in [2.24, 2.45) is 5.92 Å². The fourth-order valence-electron chi connectivity index (χ4n) is 5.12. The Balaban J connectivity index is 0.00000192. The molecule has 0 radical (unpaired) electrons. The van der Waals surface area contributed by atoms with Gasteiger partial charge in [0.25, 0.3) is 0 Å². The molecule has 2 amide bonds. The number of amides is 2. The van der Waals surface area contributed by atoms with Crippen LogP contribution in [0.25, 0.3) is 16.4 Å². The van der Waals surface area contributed by atoms with E-state index in [1.165, 1.54) is 19.3 Å². The first kappa shape index (κ1) is 20.6. The van der Waals surface area contributed by atoms with Crippen LogP contribution in [0.2, 0.25) is 0 Å². The normalized spacial score (nSPS) is 27.4. The molecule has 7 nitrogen and oxygen atoms in total. The maximum atomic E-state index is 12.5. The number of nitrogens with one attached hydrogen (secondary N) is 2. The number of nitrogens with zero attached hydrogens (tertiary/aromatic N) is 4. The third-order valence-corrected chi connectivity index (χ3v) is 6.83. The number of aromatic nitrogens is 3. The number of anilines is 1. The first-order valence-electron chi connectivity index (χ1n) is 10.3. The number of piperidine rings is 1. The van der Waals surface area contributed by atoms with Crippen molar-refractivity contribution >= 4 is 22.9 Å². The SMILES string of the molecule is O=C([N-]C12CCC1CN(c1ncnc3[nH]ccc13)CC2)NC1CCCCC1.[K+]. The minimum Gasteiger partial charge on any atom is -0.446 e. The fraction of sp³-hybridized carbons (Fsp3) is 0.650. The number of hydrogen-bond acceptors (Lipinski definition) is 4. The van der Waals surface area contributed by atoms with E-state index in [1.807, 2.05) is 12.3 Å². The molecule has 2 aliphatic carbocycles. The van der Waals surface area contributed by atoms with Gasteiger partial charge in [0.05, 0.1) is 5.39 Å². The third kappa shape index (κ3) is 3.86. The van der Waals surface area contributed by atoms with E-state index in [0.717, 1.165) is 62.0 Å². The zero-order valence-electron chi connectivity index (χ0n) is 16.7. The van der Waals surface area contributed by atoms with Gasteiger partial charge in [0.15, 0.2) is 6.03 Å². The van der Waals surface area contributed by atoms with Crippen LogP contribution < -0.4 is 61.6 Å². The molecule has 2 N–H and O–H groups in total. The molecule has 0 aromatic carbocycles. The molecule has 144 valence electrons. The molecule has 3 fully saturated rings. The molecule has 1 aliphatic heterocycles. The molecular weight excluding hydrogens is 379 g/mol. The number of H-pyrrole nitrogens is 1. The van der Waals surface area contributed by atoms with Crippen LogP contribution in [-0.2, 0) is 0 Å². The van der Waals surface area contributed by atoms with Crippen molar-refractivity contribution in [1.82, 2.24) is 20.3 Å². The second kappa shape index (κ2) is 8.59. The average Bonchev–Trinajstić information content (AvgIpc) is 3.15. The topological polar surface area (TPSA) is 88.0 Å². The van der Waals surface area contributed by atoms with E-state index >= 15 is 0 Å². The predicted octanol–water partition coefficient (Wildman–Crippen LogP) is 0.737. The molecule has 8 heteroatoms. The van der Waals surface area contributed by atoms with E-state index < -0.39 is 0 Å². The summed E-state index contributed by atoms with van der Waals surface area (Å²) in [6.45, 7) is 1.80. The summed E-state index contributed by atoms with van der Waals surface area (Å²) in [7, 11) is 0. The Hall–Kier alpha value is -0.674. The molecule has 3 aliphatic rings. The molecular formula is C20H27KN6O. The number of aromatic amines is 1. The van der Waals surface area contributed by atoms with Gasteiger partial charge in [-0.2, -0.15) is 0 Å². The van der Waals surface area contributed by atoms with Crippen LogP contribution in [0.5, 0.6) is 0 Å². The number of fused-ring (bicyclic) bond motifs is 2. The summed E-state index contributed by atoms with van der Waals surface area (Å²) in [6, 6.07) is 2.28. The van der Waals surface area contributed by atoms with Crippen molar-refractivity contribution in [3.8, 4) is 0 Å². The summed E-state index contributed by atoms with van der Waals surface area (Å²) in [6.07, 6.45) is 12.6. The Kier molecular flexibility index (Phi) is 6.32. The van der Waals surface area contributed by atoms with E-state index in [1.54, 1.807) is 6.33 Å². The zero-order valence-corrected chi connectivity index (χ0v) is 19.8. The van der Waals surface area contributed by atoms with Gasteiger partial charge in [0.1, 0.15) is 17.8 Å². The van der Waals surface area contributed by atoms with E-state index in [-0.39, 0.29) is 63.0 Å². The maximum Gasteiger partial charge on any atom is 1.00 e. The Morgan fingerprint density at radius 3 is 2.82 bits per heavy atom.